The van der Waals surface area contributed by atoms with E-state index in [1.165, 1.54) is 11.3 Å². The minimum Gasteiger partial charge on any atom is -0.463 e. The van der Waals surface area contributed by atoms with Crippen LogP contribution in [0.1, 0.15) is 9.67 Å². The van der Waals surface area contributed by atoms with Gasteiger partial charge in [-0.25, -0.2) is 10.8 Å². The van der Waals surface area contributed by atoms with Crippen molar-refractivity contribution in [3.05, 3.63) is 58.6 Å². The van der Waals surface area contributed by atoms with Gasteiger partial charge in [0.15, 0.2) is 5.76 Å². The van der Waals surface area contributed by atoms with Gasteiger partial charge in [-0.15, -0.1) is 11.3 Å². The summed E-state index contributed by atoms with van der Waals surface area (Å²) in [4.78, 5) is 17.6. The summed E-state index contributed by atoms with van der Waals surface area (Å²) < 4.78 is 5.47. The monoisotopic (exact) mass is 384 g/mol. The fraction of sp³-hybridized carbons (Fsp3) is 0. The van der Waals surface area contributed by atoms with Crippen molar-refractivity contribution < 1.29 is 9.21 Å². The van der Waals surface area contributed by atoms with Gasteiger partial charge in [0.25, 0.3) is 5.91 Å². The summed E-state index contributed by atoms with van der Waals surface area (Å²) in [5, 5.41) is 1.33. The molecule has 0 unspecified atom stereocenters. The van der Waals surface area contributed by atoms with Crippen LogP contribution in [0, 0.1) is 0 Å². The predicted octanol–water partition coefficient (Wildman–Crippen LogP) is 4.06. The fourth-order valence-corrected chi connectivity index (χ4v) is 3.91. The third-order valence-corrected chi connectivity index (χ3v) is 5.32. The van der Waals surface area contributed by atoms with E-state index in [0.29, 0.717) is 37.3 Å². The third-order valence-electron chi connectivity index (χ3n) is 3.97. The van der Waals surface area contributed by atoms with Crippen molar-refractivity contribution in [2.45, 2.75) is 0 Å². The van der Waals surface area contributed by atoms with Crippen molar-refractivity contribution in [2.75, 3.05) is 5.73 Å². The van der Waals surface area contributed by atoms with Crippen LogP contribution >= 0.6 is 22.9 Å². The highest BCUT2D eigenvalue weighted by Crippen LogP contribution is 2.41. The smallest absolute Gasteiger partial charge is 0.277 e. The lowest BCUT2D eigenvalue weighted by molar-refractivity contribution is 0.0958. The number of pyridine rings is 1. The average Bonchev–Trinajstić information content (AvgIpc) is 3.29. The van der Waals surface area contributed by atoms with Crippen LogP contribution in [0.2, 0.25) is 5.02 Å². The van der Waals surface area contributed by atoms with E-state index >= 15 is 0 Å². The highest BCUT2D eigenvalue weighted by molar-refractivity contribution is 7.21. The zero-order valence-electron chi connectivity index (χ0n) is 13.3. The molecule has 0 radical (unpaired) electrons. The van der Waals surface area contributed by atoms with Crippen LogP contribution < -0.4 is 17.0 Å². The number of fused-ring (bicyclic) bond motifs is 1. The molecule has 130 valence electrons. The average molecular weight is 385 g/mol. The summed E-state index contributed by atoms with van der Waals surface area (Å²) in [6.45, 7) is 0. The van der Waals surface area contributed by atoms with E-state index in [1.807, 2.05) is 24.3 Å². The first kappa shape index (κ1) is 16.6. The molecule has 0 spiro atoms. The Bertz CT molecular complexity index is 1100. The summed E-state index contributed by atoms with van der Waals surface area (Å²) in [5.41, 5.74) is 11.1. The molecular weight excluding hydrogens is 372 g/mol. The Hall–Kier alpha value is -2.87. The molecule has 1 aromatic carbocycles. The zero-order valence-corrected chi connectivity index (χ0v) is 14.9. The number of nitrogens with one attached hydrogen (secondary N) is 1. The van der Waals surface area contributed by atoms with Gasteiger partial charge in [-0.2, -0.15) is 0 Å². The second kappa shape index (κ2) is 6.45. The normalized spacial score (nSPS) is 11.0. The summed E-state index contributed by atoms with van der Waals surface area (Å²) in [7, 11) is 0. The molecule has 0 bridgehead atoms. The van der Waals surface area contributed by atoms with Gasteiger partial charge in [0.1, 0.15) is 15.4 Å². The van der Waals surface area contributed by atoms with Gasteiger partial charge in [-0.1, -0.05) is 23.7 Å². The first-order chi connectivity index (χ1) is 12.6. The van der Waals surface area contributed by atoms with E-state index in [9.17, 15) is 4.79 Å². The molecule has 4 rings (SSSR count). The number of carbonyl (C=O) groups is 1. The molecule has 8 heteroatoms. The summed E-state index contributed by atoms with van der Waals surface area (Å²) in [6, 6.07) is 12.9. The van der Waals surface area contributed by atoms with Gasteiger partial charge < -0.3 is 10.2 Å². The van der Waals surface area contributed by atoms with Crippen molar-refractivity contribution in [1.82, 2.24) is 10.4 Å². The lowest BCUT2D eigenvalue weighted by Crippen LogP contribution is -2.29. The number of carbonyl (C=O) groups excluding carboxylic acids is 1. The van der Waals surface area contributed by atoms with E-state index in [2.05, 4.69) is 10.4 Å². The van der Waals surface area contributed by atoms with E-state index in [1.54, 1.807) is 24.5 Å². The van der Waals surface area contributed by atoms with E-state index in [0.717, 1.165) is 11.1 Å². The maximum Gasteiger partial charge on any atom is 0.277 e. The second-order valence-electron chi connectivity index (χ2n) is 5.54. The minimum atomic E-state index is -0.452. The zero-order chi connectivity index (χ0) is 18.3. The molecule has 4 aromatic rings. The molecule has 0 atom stereocenters. The Morgan fingerprint density at radius 3 is 2.65 bits per heavy atom. The maximum absolute atomic E-state index is 12.0. The molecule has 0 aliphatic rings. The molecule has 0 aliphatic carbocycles. The quantitative estimate of drug-likeness (QED) is 0.280. The van der Waals surface area contributed by atoms with E-state index in [-0.39, 0.29) is 0 Å². The Kier molecular flexibility index (Phi) is 4.12. The first-order valence-electron chi connectivity index (χ1n) is 7.62. The number of nitrogen functional groups attached to an aromatic ring is 2. The lowest BCUT2D eigenvalue weighted by Gasteiger charge is -2.08. The van der Waals surface area contributed by atoms with Crippen LogP contribution in [0.15, 0.2) is 53.1 Å². The van der Waals surface area contributed by atoms with Gasteiger partial charge in [-0.3, -0.25) is 10.2 Å². The number of furan rings is 1. The van der Waals surface area contributed by atoms with Crippen LogP contribution in [0.4, 0.5) is 5.69 Å². The van der Waals surface area contributed by atoms with Crippen molar-refractivity contribution in [2.24, 2.45) is 5.84 Å². The van der Waals surface area contributed by atoms with Gasteiger partial charge >= 0.3 is 0 Å². The molecule has 0 fully saturated rings. The minimum absolute atomic E-state index is 0.321. The number of halogens is 1. The fourth-order valence-electron chi connectivity index (χ4n) is 2.76. The predicted molar refractivity (Wildman–Crippen MR) is 104 cm³/mol. The Morgan fingerprint density at radius 1 is 1.23 bits per heavy atom. The van der Waals surface area contributed by atoms with Crippen LogP contribution in [0.25, 0.3) is 32.8 Å². The molecule has 1 amide bonds. The number of benzene rings is 1. The molecule has 6 nitrogen and oxygen atoms in total. The molecule has 5 N–H and O–H groups in total. The lowest BCUT2D eigenvalue weighted by atomic mass is 10.0. The van der Waals surface area contributed by atoms with E-state index in [4.69, 9.17) is 27.6 Å². The highest BCUT2D eigenvalue weighted by Gasteiger charge is 2.21. The van der Waals surface area contributed by atoms with Gasteiger partial charge in [-0.05, 0) is 41.5 Å². The molecule has 26 heavy (non-hydrogen) atoms. The summed E-state index contributed by atoms with van der Waals surface area (Å²) in [6.07, 6.45) is 1.58. The first-order valence-corrected chi connectivity index (χ1v) is 8.81. The summed E-state index contributed by atoms with van der Waals surface area (Å²) >= 11 is 7.19. The molecular formula is C18H13ClN4O2S. The number of hydrogen-bond acceptors (Lipinski definition) is 6. The molecule has 0 saturated carbocycles. The van der Waals surface area contributed by atoms with Gasteiger partial charge in [0, 0.05) is 10.4 Å². The third kappa shape index (κ3) is 2.72. The van der Waals surface area contributed by atoms with Crippen molar-refractivity contribution in [3.63, 3.8) is 0 Å². The van der Waals surface area contributed by atoms with Crippen molar-refractivity contribution in [3.8, 4) is 22.6 Å². The number of amides is 1. The van der Waals surface area contributed by atoms with Crippen LogP contribution in [-0.2, 0) is 0 Å². The van der Waals surface area contributed by atoms with Gasteiger partial charge in [0.2, 0.25) is 0 Å². The van der Waals surface area contributed by atoms with Gasteiger partial charge in [0.05, 0.1) is 12.0 Å². The Balaban J connectivity index is 2.04. The number of hydrazine groups is 1. The molecule has 0 saturated heterocycles. The topological polar surface area (TPSA) is 107 Å². The van der Waals surface area contributed by atoms with E-state index < -0.39 is 5.91 Å². The standard InChI is InChI=1S/C18H13ClN4O2S/c19-10-5-3-9(4-6-10)11-8-12(13-2-1-7-25-13)22-18-14(11)15(20)16(26-18)17(24)23-21/h1-8H,20-21H2,(H,23,24). The number of nitrogens with two attached hydrogens (primary N) is 2. The number of anilines is 1. The van der Waals surface area contributed by atoms with Crippen LogP contribution in [0.3, 0.4) is 0 Å². The Labute approximate surface area is 157 Å². The van der Waals surface area contributed by atoms with Crippen LogP contribution in [-0.4, -0.2) is 10.9 Å². The highest BCUT2D eigenvalue weighted by atomic mass is 35.5. The number of rotatable bonds is 3. The maximum atomic E-state index is 12.0. The summed E-state index contributed by atoms with van der Waals surface area (Å²) in [5.74, 6) is 5.44. The largest absolute Gasteiger partial charge is 0.463 e. The number of nitrogens with zero attached hydrogens (tertiary/aromatic N) is 1. The van der Waals surface area contributed by atoms with Crippen LogP contribution in [0.5, 0.6) is 0 Å². The van der Waals surface area contributed by atoms with Crippen molar-refractivity contribution >= 4 is 44.7 Å². The number of aromatic nitrogens is 1. The molecule has 0 aliphatic heterocycles. The second-order valence-corrected chi connectivity index (χ2v) is 6.97. The number of thiophene rings is 1. The molecule has 3 aromatic heterocycles. The molecule has 3 heterocycles. The Morgan fingerprint density at radius 2 is 2.00 bits per heavy atom. The number of hydrogen-bond donors (Lipinski definition) is 3. The SMILES string of the molecule is NNC(=O)c1sc2nc(-c3ccco3)cc(-c3ccc(Cl)cc3)c2c1N. The van der Waals surface area contributed by atoms with Crippen molar-refractivity contribution in [1.29, 1.82) is 0 Å².